The molecule has 0 atom stereocenters. The SMILES string of the molecule is C=CC1(C=C)C(=C)C(=C)O[Si](=C)[Si]1=C. The minimum absolute atomic E-state index is 0.296. The molecular formula is C11H14OSi2. The van der Waals surface area contributed by atoms with Crippen molar-refractivity contribution in [1.29, 1.82) is 0 Å². The first-order valence-electron chi connectivity index (χ1n) is 4.22. The van der Waals surface area contributed by atoms with Gasteiger partial charge in [-0.05, 0) is 5.57 Å². The van der Waals surface area contributed by atoms with Crippen molar-refractivity contribution in [2.45, 2.75) is 5.04 Å². The largest absolute Gasteiger partial charge is 0.518 e. The molecule has 0 amide bonds. The van der Waals surface area contributed by atoms with E-state index in [1.54, 1.807) is 0 Å². The molecule has 0 aromatic carbocycles. The molecule has 0 N–H and O–H groups in total. The van der Waals surface area contributed by atoms with E-state index in [2.05, 4.69) is 38.7 Å². The zero-order chi connectivity index (χ0) is 10.9. The molecule has 1 saturated heterocycles. The van der Waals surface area contributed by atoms with Gasteiger partial charge < -0.3 is 4.43 Å². The fourth-order valence-corrected chi connectivity index (χ4v) is 6.68. The van der Waals surface area contributed by atoms with Crippen LogP contribution in [0.25, 0.3) is 0 Å². The Morgan fingerprint density at radius 3 is 2.07 bits per heavy atom. The lowest BCUT2D eigenvalue weighted by Crippen LogP contribution is -2.40. The summed E-state index contributed by atoms with van der Waals surface area (Å²) in [6, 6.07) is 0. The summed E-state index contributed by atoms with van der Waals surface area (Å²) in [7, 11) is -2.17. The molecule has 1 rings (SSSR count). The highest BCUT2D eigenvalue weighted by Crippen LogP contribution is 2.44. The first-order chi connectivity index (χ1) is 6.49. The molecule has 14 heavy (non-hydrogen) atoms. The van der Waals surface area contributed by atoms with Crippen LogP contribution in [0.3, 0.4) is 0 Å². The second-order valence-corrected chi connectivity index (χ2v) is 9.50. The van der Waals surface area contributed by atoms with Gasteiger partial charge in [0, 0.05) is 5.04 Å². The van der Waals surface area contributed by atoms with Crippen molar-refractivity contribution in [3.63, 3.8) is 0 Å². The number of rotatable bonds is 2. The van der Waals surface area contributed by atoms with E-state index in [-0.39, 0.29) is 5.04 Å². The Kier molecular flexibility index (Phi) is 2.82. The molecule has 1 aliphatic rings. The summed E-state index contributed by atoms with van der Waals surface area (Å²) >= 11 is 0. The van der Waals surface area contributed by atoms with E-state index in [1.807, 2.05) is 12.2 Å². The Balaban J connectivity index is 3.37. The van der Waals surface area contributed by atoms with Crippen molar-refractivity contribution in [1.82, 2.24) is 0 Å². The molecule has 0 spiro atoms. The molecule has 0 aromatic heterocycles. The normalized spacial score (nSPS) is 20.3. The van der Waals surface area contributed by atoms with Crippen LogP contribution in [0.1, 0.15) is 0 Å². The van der Waals surface area contributed by atoms with Gasteiger partial charge in [-0.15, -0.1) is 19.3 Å². The van der Waals surface area contributed by atoms with Gasteiger partial charge in [0.05, 0.1) is 7.93 Å². The van der Waals surface area contributed by atoms with Gasteiger partial charge in [-0.1, -0.05) is 31.5 Å². The number of hydrogen-bond donors (Lipinski definition) is 0. The lowest BCUT2D eigenvalue weighted by molar-refractivity contribution is 0.460. The molecule has 0 unspecified atom stereocenters. The lowest BCUT2D eigenvalue weighted by Gasteiger charge is -2.37. The topological polar surface area (TPSA) is 9.23 Å². The van der Waals surface area contributed by atoms with E-state index in [0.717, 1.165) is 5.57 Å². The summed E-state index contributed by atoms with van der Waals surface area (Å²) < 4.78 is 5.55. The first-order valence-corrected chi connectivity index (χ1v) is 8.54. The van der Waals surface area contributed by atoms with E-state index >= 15 is 0 Å². The minimum atomic E-state index is -1.14. The summed E-state index contributed by atoms with van der Waals surface area (Å²) in [6.45, 7) is 15.5. The number of allylic oxidation sites excluding steroid dienone is 3. The minimum Gasteiger partial charge on any atom is -0.518 e. The van der Waals surface area contributed by atoms with E-state index in [4.69, 9.17) is 4.43 Å². The fraction of sp³-hybridized carbons (Fsp3) is 0.0909. The fourth-order valence-electron chi connectivity index (χ4n) is 1.49. The average Bonchev–Trinajstić information content (AvgIpc) is 2.18. The van der Waals surface area contributed by atoms with Gasteiger partial charge in [0.1, 0.15) is 5.76 Å². The van der Waals surface area contributed by atoms with Crippen LogP contribution in [0, 0.1) is 0 Å². The van der Waals surface area contributed by atoms with Gasteiger partial charge >= 0.3 is 0 Å². The summed E-state index contributed by atoms with van der Waals surface area (Å²) in [5.41, 5.74) is 0.837. The van der Waals surface area contributed by atoms with Crippen LogP contribution in [-0.4, -0.2) is 28.4 Å². The Bertz CT molecular complexity index is 341. The smallest absolute Gasteiger partial charge is 0.233 e. The first kappa shape index (κ1) is 11.0. The van der Waals surface area contributed by atoms with Crippen molar-refractivity contribution in [3.8, 4) is 0 Å². The van der Waals surface area contributed by atoms with Gasteiger partial charge in [-0.3, -0.25) is 0 Å². The molecule has 0 aliphatic carbocycles. The Hall–Kier alpha value is -1.07. The molecule has 1 heterocycles. The summed E-state index contributed by atoms with van der Waals surface area (Å²) in [5, 5.41) is -0.296. The summed E-state index contributed by atoms with van der Waals surface area (Å²) in [4.78, 5) is 0. The maximum Gasteiger partial charge on any atom is 0.233 e. The van der Waals surface area contributed by atoms with Gasteiger partial charge in [-0.2, -0.15) is 0 Å². The van der Waals surface area contributed by atoms with Gasteiger partial charge in [0.25, 0.3) is 0 Å². The van der Waals surface area contributed by atoms with Crippen LogP contribution in [0.2, 0.25) is 5.04 Å². The molecule has 1 nitrogen and oxygen atoms in total. The quantitative estimate of drug-likeness (QED) is 0.507. The van der Waals surface area contributed by atoms with E-state index < -0.39 is 16.1 Å². The molecule has 1 aliphatic heterocycles. The molecule has 0 radical (unpaired) electrons. The second kappa shape index (κ2) is 3.59. The second-order valence-electron chi connectivity index (χ2n) is 3.18. The zero-order valence-corrected chi connectivity index (χ0v) is 10.3. The van der Waals surface area contributed by atoms with Crippen LogP contribution < -0.4 is 0 Å². The van der Waals surface area contributed by atoms with Gasteiger partial charge in [-0.25, -0.2) is 0 Å². The molecule has 0 aromatic rings. The van der Waals surface area contributed by atoms with Crippen molar-refractivity contribution in [3.05, 3.63) is 49.8 Å². The molecule has 0 saturated carbocycles. The molecule has 0 bridgehead atoms. The van der Waals surface area contributed by atoms with Gasteiger partial charge in [0.15, 0.2) is 0 Å². The Morgan fingerprint density at radius 2 is 1.64 bits per heavy atom. The monoisotopic (exact) mass is 218 g/mol. The third-order valence-corrected chi connectivity index (χ3v) is 9.00. The third kappa shape index (κ3) is 1.29. The summed E-state index contributed by atoms with van der Waals surface area (Å²) in [5.74, 6) is 0.617. The highest BCUT2D eigenvalue weighted by molar-refractivity contribution is 7.21. The summed E-state index contributed by atoms with van der Waals surface area (Å²) in [6.07, 6.45) is 11.9. The highest BCUT2D eigenvalue weighted by atomic mass is 29.2. The van der Waals surface area contributed by atoms with Crippen molar-refractivity contribution in [2.75, 3.05) is 0 Å². The highest BCUT2D eigenvalue weighted by Gasteiger charge is 2.39. The predicted molar refractivity (Wildman–Crippen MR) is 68.2 cm³/mol. The predicted octanol–water partition coefficient (Wildman–Crippen LogP) is 1.79. The lowest BCUT2D eigenvalue weighted by atomic mass is 9.98. The standard InChI is InChI=1S/C11H14OSi2/c1-7-11(8-2)9(3)10(4)12-14(6)13(11)5/h7-8H,1-6H2. The van der Waals surface area contributed by atoms with Crippen LogP contribution in [0.4, 0.5) is 0 Å². The Morgan fingerprint density at radius 1 is 1.14 bits per heavy atom. The van der Waals surface area contributed by atoms with Crippen LogP contribution in [0.5, 0.6) is 0 Å². The average molecular weight is 218 g/mol. The maximum absolute atomic E-state index is 5.55. The molecule has 3 heteroatoms. The van der Waals surface area contributed by atoms with Crippen LogP contribution >= 0.6 is 0 Å². The molecule has 1 fully saturated rings. The van der Waals surface area contributed by atoms with E-state index in [9.17, 15) is 0 Å². The van der Waals surface area contributed by atoms with Crippen LogP contribution in [-0.2, 0) is 4.43 Å². The Labute approximate surface area is 88.1 Å². The van der Waals surface area contributed by atoms with E-state index in [0.29, 0.717) is 5.76 Å². The van der Waals surface area contributed by atoms with Crippen molar-refractivity contribution >= 4 is 28.4 Å². The van der Waals surface area contributed by atoms with E-state index in [1.165, 1.54) is 0 Å². The van der Waals surface area contributed by atoms with Crippen molar-refractivity contribution in [2.24, 2.45) is 0 Å². The van der Waals surface area contributed by atoms with Gasteiger partial charge in [0.2, 0.25) is 8.17 Å². The molecular weight excluding hydrogens is 204 g/mol. The third-order valence-electron chi connectivity index (χ3n) is 2.56. The van der Waals surface area contributed by atoms with Crippen molar-refractivity contribution < 1.29 is 4.43 Å². The molecule has 72 valence electrons. The maximum atomic E-state index is 5.55. The zero-order valence-electron chi connectivity index (χ0n) is 8.31. The number of hydrogen-bond acceptors (Lipinski definition) is 1. The van der Waals surface area contributed by atoms with Crippen LogP contribution in [0.15, 0.2) is 49.8 Å².